The van der Waals surface area contributed by atoms with Crippen molar-refractivity contribution in [2.45, 2.75) is 11.7 Å². The summed E-state index contributed by atoms with van der Waals surface area (Å²) in [4.78, 5) is 29.4. The minimum absolute atomic E-state index is 0.129. The number of halogens is 1. The number of carbonyl (C=O) groups excluding carboxylic acids is 1. The van der Waals surface area contributed by atoms with Gasteiger partial charge in [0.25, 0.3) is 5.56 Å². The molecule has 0 unspecified atom stereocenters. The minimum Gasteiger partial charge on any atom is -0.325 e. The topological polar surface area (TPSA) is 64.0 Å². The molecule has 0 atom stereocenters. The highest BCUT2D eigenvalue weighted by Gasteiger charge is 2.12. The summed E-state index contributed by atoms with van der Waals surface area (Å²) in [5.41, 5.74) is 1.24. The molecule has 2 aromatic carbocycles. The van der Waals surface area contributed by atoms with E-state index in [1.54, 1.807) is 18.2 Å². The second-order valence-corrected chi connectivity index (χ2v) is 7.65. The first-order valence-electron chi connectivity index (χ1n) is 7.87. The summed E-state index contributed by atoms with van der Waals surface area (Å²) < 4.78 is 2.64. The Morgan fingerprint density at radius 1 is 1.23 bits per heavy atom. The van der Waals surface area contributed by atoms with Crippen LogP contribution in [-0.4, -0.2) is 21.2 Å². The summed E-state index contributed by atoms with van der Waals surface area (Å²) in [5, 5.41) is 3.91. The molecular weight excluding hydrogens is 461 g/mol. The SMILES string of the molecule is C=CCn1c(SCC(=O)Nc2ccc(I)cc2)nc2ccccc2c1=O. The van der Waals surface area contributed by atoms with Crippen molar-refractivity contribution >= 4 is 56.9 Å². The number of fused-ring (bicyclic) bond motifs is 1. The zero-order valence-corrected chi connectivity index (χ0v) is 16.8. The zero-order chi connectivity index (χ0) is 18.5. The third-order valence-electron chi connectivity index (χ3n) is 3.60. The number of nitrogens with one attached hydrogen (secondary N) is 1. The van der Waals surface area contributed by atoms with Gasteiger partial charge in [-0.15, -0.1) is 6.58 Å². The van der Waals surface area contributed by atoms with E-state index in [4.69, 9.17) is 0 Å². The highest BCUT2D eigenvalue weighted by Crippen LogP contribution is 2.19. The van der Waals surface area contributed by atoms with Gasteiger partial charge in [-0.3, -0.25) is 14.2 Å². The average molecular weight is 477 g/mol. The maximum absolute atomic E-state index is 12.7. The Morgan fingerprint density at radius 2 is 1.96 bits per heavy atom. The minimum atomic E-state index is -0.149. The smallest absolute Gasteiger partial charge is 0.262 e. The van der Waals surface area contributed by atoms with Crippen LogP contribution in [0, 0.1) is 3.57 Å². The molecule has 3 aromatic rings. The van der Waals surface area contributed by atoms with E-state index in [1.807, 2.05) is 36.4 Å². The van der Waals surface area contributed by atoms with Crippen molar-refractivity contribution in [1.29, 1.82) is 0 Å². The summed E-state index contributed by atoms with van der Waals surface area (Å²) >= 11 is 3.45. The number of rotatable bonds is 6. The van der Waals surface area contributed by atoms with Crippen LogP contribution in [0.2, 0.25) is 0 Å². The molecule has 0 radical (unpaired) electrons. The molecule has 0 saturated heterocycles. The normalized spacial score (nSPS) is 10.7. The monoisotopic (exact) mass is 477 g/mol. The number of carbonyl (C=O) groups is 1. The number of thioether (sulfide) groups is 1. The molecule has 1 N–H and O–H groups in total. The Kier molecular flexibility index (Phi) is 6.10. The summed E-state index contributed by atoms with van der Waals surface area (Å²) in [5.74, 6) is 0.0113. The molecule has 3 rings (SSSR count). The molecule has 5 nitrogen and oxygen atoms in total. The number of aromatic nitrogens is 2. The second kappa shape index (κ2) is 8.50. The number of hydrogen-bond acceptors (Lipinski definition) is 4. The van der Waals surface area contributed by atoms with Crippen molar-refractivity contribution < 1.29 is 4.79 Å². The fraction of sp³-hybridized carbons (Fsp3) is 0.105. The lowest BCUT2D eigenvalue weighted by Gasteiger charge is -2.11. The molecule has 1 amide bonds. The van der Waals surface area contributed by atoms with Crippen LogP contribution in [0.15, 0.2) is 71.1 Å². The van der Waals surface area contributed by atoms with Gasteiger partial charge in [-0.05, 0) is 59.0 Å². The van der Waals surface area contributed by atoms with Crippen LogP contribution in [0.25, 0.3) is 10.9 Å². The highest BCUT2D eigenvalue weighted by atomic mass is 127. The summed E-state index contributed by atoms with van der Waals surface area (Å²) in [6, 6.07) is 14.8. The Bertz CT molecular complexity index is 1020. The van der Waals surface area contributed by atoms with E-state index in [0.29, 0.717) is 22.6 Å². The summed E-state index contributed by atoms with van der Waals surface area (Å²) in [6.07, 6.45) is 1.65. The van der Waals surface area contributed by atoms with Crippen LogP contribution >= 0.6 is 34.4 Å². The largest absolute Gasteiger partial charge is 0.325 e. The van der Waals surface area contributed by atoms with Crippen LogP contribution in [0.1, 0.15) is 0 Å². The number of para-hydroxylation sites is 1. The molecule has 1 aromatic heterocycles. The molecule has 0 aliphatic carbocycles. The van der Waals surface area contributed by atoms with E-state index in [0.717, 1.165) is 9.26 Å². The van der Waals surface area contributed by atoms with Crippen LogP contribution in [0.5, 0.6) is 0 Å². The Hall–Kier alpha value is -2.13. The van der Waals surface area contributed by atoms with Gasteiger partial charge in [-0.1, -0.05) is 30.0 Å². The number of hydrogen-bond donors (Lipinski definition) is 1. The van der Waals surface area contributed by atoms with Crippen molar-refractivity contribution in [1.82, 2.24) is 9.55 Å². The molecule has 0 bridgehead atoms. The molecule has 7 heteroatoms. The highest BCUT2D eigenvalue weighted by molar-refractivity contribution is 14.1. The van der Waals surface area contributed by atoms with Gasteiger partial charge in [0.05, 0.1) is 16.7 Å². The first kappa shape index (κ1) is 18.7. The Morgan fingerprint density at radius 3 is 2.69 bits per heavy atom. The van der Waals surface area contributed by atoms with E-state index < -0.39 is 0 Å². The van der Waals surface area contributed by atoms with Gasteiger partial charge in [0, 0.05) is 15.8 Å². The molecule has 0 fully saturated rings. The molecule has 0 saturated carbocycles. The standard InChI is InChI=1S/C19H16IN3O2S/c1-2-11-23-18(25)15-5-3-4-6-16(15)22-19(23)26-12-17(24)21-14-9-7-13(20)8-10-14/h2-10H,1,11-12H2,(H,21,24). The van der Waals surface area contributed by atoms with Crippen molar-refractivity contribution in [3.8, 4) is 0 Å². The molecule has 132 valence electrons. The predicted octanol–water partition coefficient (Wildman–Crippen LogP) is 3.92. The summed E-state index contributed by atoms with van der Waals surface area (Å²) in [7, 11) is 0. The lowest BCUT2D eigenvalue weighted by atomic mass is 10.2. The maximum Gasteiger partial charge on any atom is 0.262 e. The van der Waals surface area contributed by atoms with Crippen molar-refractivity contribution in [2.75, 3.05) is 11.1 Å². The quantitative estimate of drug-likeness (QED) is 0.253. The van der Waals surface area contributed by atoms with Gasteiger partial charge in [0.1, 0.15) is 0 Å². The van der Waals surface area contributed by atoms with Crippen molar-refractivity contribution in [2.24, 2.45) is 0 Å². The second-order valence-electron chi connectivity index (χ2n) is 5.46. The third-order valence-corrected chi connectivity index (χ3v) is 5.29. The fourth-order valence-electron chi connectivity index (χ4n) is 2.41. The third kappa shape index (κ3) is 4.34. The van der Waals surface area contributed by atoms with Crippen LogP contribution in [-0.2, 0) is 11.3 Å². The van der Waals surface area contributed by atoms with Gasteiger partial charge in [0.15, 0.2) is 5.16 Å². The zero-order valence-electron chi connectivity index (χ0n) is 13.8. The van der Waals surface area contributed by atoms with E-state index in [1.165, 1.54) is 16.3 Å². The molecule has 0 spiro atoms. The van der Waals surface area contributed by atoms with Crippen LogP contribution in [0.4, 0.5) is 5.69 Å². The van der Waals surface area contributed by atoms with Gasteiger partial charge < -0.3 is 5.32 Å². The van der Waals surface area contributed by atoms with Crippen molar-refractivity contribution in [3.63, 3.8) is 0 Å². The van der Waals surface area contributed by atoms with Gasteiger partial charge in [0.2, 0.25) is 5.91 Å². The number of benzene rings is 2. The molecule has 26 heavy (non-hydrogen) atoms. The van der Waals surface area contributed by atoms with E-state index in [2.05, 4.69) is 39.5 Å². The average Bonchev–Trinajstić information content (AvgIpc) is 2.64. The van der Waals surface area contributed by atoms with Crippen molar-refractivity contribution in [3.05, 3.63) is 75.1 Å². The molecule has 1 heterocycles. The first-order chi connectivity index (χ1) is 12.6. The van der Waals surface area contributed by atoms with Crippen LogP contribution in [0.3, 0.4) is 0 Å². The fourth-order valence-corrected chi connectivity index (χ4v) is 3.58. The molecular formula is C19H16IN3O2S. The lowest BCUT2D eigenvalue weighted by molar-refractivity contribution is -0.113. The molecule has 0 aliphatic rings. The van der Waals surface area contributed by atoms with E-state index >= 15 is 0 Å². The van der Waals surface area contributed by atoms with Crippen LogP contribution < -0.4 is 10.9 Å². The maximum atomic E-state index is 12.7. The van der Waals surface area contributed by atoms with Gasteiger partial charge in [-0.25, -0.2) is 4.98 Å². The Labute approximate surface area is 168 Å². The number of allylic oxidation sites excluding steroid dienone is 1. The lowest BCUT2D eigenvalue weighted by Crippen LogP contribution is -2.23. The van der Waals surface area contributed by atoms with E-state index in [-0.39, 0.29) is 17.2 Å². The first-order valence-corrected chi connectivity index (χ1v) is 9.93. The van der Waals surface area contributed by atoms with Gasteiger partial charge >= 0.3 is 0 Å². The number of nitrogens with zero attached hydrogens (tertiary/aromatic N) is 2. The number of anilines is 1. The predicted molar refractivity (Wildman–Crippen MR) is 115 cm³/mol. The summed E-state index contributed by atoms with van der Waals surface area (Å²) in [6.45, 7) is 4.04. The number of amides is 1. The van der Waals surface area contributed by atoms with E-state index in [9.17, 15) is 9.59 Å². The van der Waals surface area contributed by atoms with Gasteiger partial charge in [-0.2, -0.15) is 0 Å². The molecule has 0 aliphatic heterocycles. The Balaban J connectivity index is 1.80.